The number of rotatable bonds is 6. The summed E-state index contributed by atoms with van der Waals surface area (Å²) in [7, 11) is -3.70. The molecule has 5 rings (SSSR count). The fraction of sp³-hybridized carbons (Fsp3) is 0.667. The summed E-state index contributed by atoms with van der Waals surface area (Å²) in [5.74, 6) is 1.39. The maximum atomic E-state index is 13.3. The van der Waals surface area contributed by atoms with E-state index in [4.69, 9.17) is 0 Å². The average molecular weight is 409 g/mol. The van der Waals surface area contributed by atoms with Gasteiger partial charge < -0.3 is 5.32 Å². The van der Waals surface area contributed by atoms with Crippen molar-refractivity contribution < 1.29 is 17.6 Å². The summed E-state index contributed by atoms with van der Waals surface area (Å²) in [6, 6.07) is 4.43. The third kappa shape index (κ3) is 3.65. The van der Waals surface area contributed by atoms with Crippen LogP contribution in [0.3, 0.4) is 0 Å². The number of amides is 1. The Morgan fingerprint density at radius 1 is 1.14 bits per heavy atom. The van der Waals surface area contributed by atoms with Crippen LogP contribution in [0.25, 0.3) is 0 Å². The largest absolute Gasteiger partial charge is 0.349 e. The smallest absolute Gasteiger partial charge is 0.244 e. The van der Waals surface area contributed by atoms with Gasteiger partial charge in [-0.3, -0.25) is 9.10 Å². The highest BCUT2D eigenvalue weighted by Crippen LogP contribution is 2.55. The Balaban J connectivity index is 1.59. The summed E-state index contributed by atoms with van der Waals surface area (Å²) < 4.78 is 39.5. The molecule has 154 valence electrons. The fourth-order valence-electron chi connectivity index (χ4n) is 6.26. The minimum atomic E-state index is -3.70. The molecule has 1 aromatic rings. The molecule has 4 aliphatic rings. The van der Waals surface area contributed by atoms with Crippen LogP contribution in [0.2, 0.25) is 0 Å². The molecule has 4 fully saturated rings. The molecule has 0 radical (unpaired) electrons. The van der Waals surface area contributed by atoms with Crippen molar-refractivity contribution in [1.82, 2.24) is 5.32 Å². The van der Waals surface area contributed by atoms with Crippen LogP contribution in [-0.4, -0.2) is 32.2 Å². The Morgan fingerprint density at radius 3 is 2.07 bits per heavy atom. The predicted molar refractivity (Wildman–Crippen MR) is 107 cm³/mol. The molecule has 4 saturated carbocycles. The Labute approximate surface area is 166 Å². The highest BCUT2D eigenvalue weighted by atomic mass is 32.2. The first-order valence-corrected chi connectivity index (χ1v) is 12.1. The van der Waals surface area contributed by atoms with Gasteiger partial charge in [0.2, 0.25) is 15.9 Å². The van der Waals surface area contributed by atoms with E-state index in [2.05, 4.69) is 5.32 Å². The van der Waals surface area contributed by atoms with Gasteiger partial charge >= 0.3 is 0 Å². The van der Waals surface area contributed by atoms with E-state index in [1.165, 1.54) is 43.5 Å². The number of sulfonamides is 1. The van der Waals surface area contributed by atoms with Gasteiger partial charge in [-0.2, -0.15) is 0 Å². The SMILES string of the molecule is CC[C@@H](C(=O)NC12CC3CC(CC(C3)C1)C2)N(c1ccc(F)cc1)S(C)(=O)=O. The van der Waals surface area contributed by atoms with E-state index in [0.717, 1.165) is 29.8 Å². The van der Waals surface area contributed by atoms with Gasteiger partial charge in [-0.1, -0.05) is 6.92 Å². The molecule has 0 spiro atoms. The Morgan fingerprint density at radius 2 is 1.64 bits per heavy atom. The van der Waals surface area contributed by atoms with Crippen LogP contribution in [0.4, 0.5) is 10.1 Å². The van der Waals surface area contributed by atoms with Crippen LogP contribution < -0.4 is 9.62 Å². The molecule has 1 amide bonds. The van der Waals surface area contributed by atoms with Crippen molar-refractivity contribution in [2.45, 2.75) is 63.5 Å². The van der Waals surface area contributed by atoms with E-state index in [0.29, 0.717) is 29.9 Å². The first kappa shape index (κ1) is 19.7. The fourth-order valence-corrected chi connectivity index (χ4v) is 7.47. The summed E-state index contributed by atoms with van der Waals surface area (Å²) in [5.41, 5.74) is 0.141. The van der Waals surface area contributed by atoms with Crippen molar-refractivity contribution in [3.05, 3.63) is 30.1 Å². The van der Waals surface area contributed by atoms with Gasteiger partial charge in [-0.05, 0) is 87.0 Å². The maximum absolute atomic E-state index is 13.3. The average Bonchev–Trinajstić information content (AvgIpc) is 2.57. The summed E-state index contributed by atoms with van der Waals surface area (Å²) in [6.07, 6.45) is 8.30. The van der Waals surface area contributed by atoms with E-state index >= 15 is 0 Å². The standard InChI is InChI=1S/C21H29FN2O3S/c1-3-19(24(28(2,26)27)18-6-4-17(22)5-7-18)20(25)23-21-11-14-8-15(12-21)10-16(9-14)13-21/h4-7,14-16,19H,3,8-13H2,1-2H3,(H,23,25)/t14?,15?,16?,19-,21?/m0/s1. The molecule has 0 saturated heterocycles. The summed E-state index contributed by atoms with van der Waals surface area (Å²) in [5, 5.41) is 3.29. The number of nitrogens with zero attached hydrogens (tertiary/aromatic N) is 1. The van der Waals surface area contributed by atoms with Gasteiger partial charge in [0.15, 0.2) is 0 Å². The third-order valence-corrected chi connectivity index (χ3v) is 8.02. The molecule has 0 aromatic heterocycles. The second kappa shape index (κ2) is 7.01. The molecule has 1 N–H and O–H groups in total. The molecular formula is C21H29FN2O3S. The highest BCUT2D eigenvalue weighted by molar-refractivity contribution is 7.92. The number of anilines is 1. The molecule has 5 nitrogen and oxygen atoms in total. The van der Waals surface area contributed by atoms with Gasteiger partial charge in [0.25, 0.3) is 0 Å². The number of nitrogens with one attached hydrogen (secondary N) is 1. The van der Waals surface area contributed by atoms with Crippen molar-refractivity contribution in [2.75, 3.05) is 10.6 Å². The minimum Gasteiger partial charge on any atom is -0.349 e. The normalized spacial score (nSPS) is 32.2. The highest BCUT2D eigenvalue weighted by Gasteiger charge is 2.52. The Kier molecular flexibility index (Phi) is 4.92. The van der Waals surface area contributed by atoms with Crippen molar-refractivity contribution in [2.24, 2.45) is 17.8 Å². The molecule has 4 bridgehead atoms. The molecule has 7 heteroatoms. The summed E-state index contributed by atoms with van der Waals surface area (Å²) >= 11 is 0. The number of benzene rings is 1. The van der Waals surface area contributed by atoms with E-state index in [1.54, 1.807) is 0 Å². The lowest BCUT2D eigenvalue weighted by molar-refractivity contribution is -0.128. The number of hydrogen-bond donors (Lipinski definition) is 1. The summed E-state index contributed by atoms with van der Waals surface area (Å²) in [6.45, 7) is 1.81. The number of halogens is 1. The summed E-state index contributed by atoms with van der Waals surface area (Å²) in [4.78, 5) is 13.3. The van der Waals surface area contributed by atoms with Crippen LogP contribution in [-0.2, 0) is 14.8 Å². The topological polar surface area (TPSA) is 66.5 Å². The van der Waals surface area contributed by atoms with E-state index < -0.39 is 21.9 Å². The van der Waals surface area contributed by atoms with E-state index in [9.17, 15) is 17.6 Å². The van der Waals surface area contributed by atoms with Crippen molar-refractivity contribution >= 4 is 21.6 Å². The van der Waals surface area contributed by atoms with Crippen LogP contribution >= 0.6 is 0 Å². The van der Waals surface area contributed by atoms with Crippen LogP contribution in [0.1, 0.15) is 51.9 Å². The zero-order valence-corrected chi connectivity index (χ0v) is 17.3. The van der Waals surface area contributed by atoms with Crippen molar-refractivity contribution in [3.63, 3.8) is 0 Å². The molecule has 0 unspecified atom stereocenters. The van der Waals surface area contributed by atoms with Crippen molar-refractivity contribution in [1.29, 1.82) is 0 Å². The third-order valence-electron chi connectivity index (χ3n) is 6.84. The molecule has 0 heterocycles. The van der Waals surface area contributed by atoms with Crippen LogP contribution in [0.15, 0.2) is 24.3 Å². The number of carbonyl (C=O) groups is 1. The van der Waals surface area contributed by atoms with E-state index in [1.807, 2.05) is 6.92 Å². The molecule has 28 heavy (non-hydrogen) atoms. The van der Waals surface area contributed by atoms with Crippen LogP contribution in [0, 0.1) is 23.6 Å². The number of carbonyl (C=O) groups excluding carboxylic acids is 1. The van der Waals surface area contributed by atoms with E-state index in [-0.39, 0.29) is 11.4 Å². The minimum absolute atomic E-state index is 0.175. The Hall–Kier alpha value is -1.63. The lowest BCUT2D eigenvalue weighted by Gasteiger charge is -2.57. The second-order valence-electron chi connectivity index (χ2n) is 9.15. The second-order valence-corrected chi connectivity index (χ2v) is 11.0. The maximum Gasteiger partial charge on any atom is 0.244 e. The monoisotopic (exact) mass is 408 g/mol. The van der Waals surface area contributed by atoms with Gasteiger partial charge in [0, 0.05) is 5.54 Å². The number of hydrogen-bond acceptors (Lipinski definition) is 3. The molecule has 4 aliphatic carbocycles. The quantitative estimate of drug-likeness (QED) is 0.784. The van der Waals surface area contributed by atoms with Gasteiger partial charge in [0.05, 0.1) is 11.9 Å². The van der Waals surface area contributed by atoms with Gasteiger partial charge in [-0.25, -0.2) is 12.8 Å². The first-order chi connectivity index (χ1) is 13.2. The predicted octanol–water partition coefficient (Wildman–Crippen LogP) is 3.46. The molecule has 1 atom stereocenters. The Bertz CT molecular complexity index is 818. The van der Waals surface area contributed by atoms with Gasteiger partial charge in [0.1, 0.15) is 11.9 Å². The zero-order valence-electron chi connectivity index (χ0n) is 16.5. The first-order valence-electron chi connectivity index (χ1n) is 10.3. The van der Waals surface area contributed by atoms with Crippen molar-refractivity contribution in [3.8, 4) is 0 Å². The zero-order chi connectivity index (χ0) is 20.1. The lowest BCUT2D eigenvalue weighted by Crippen LogP contribution is -2.63. The van der Waals surface area contributed by atoms with Gasteiger partial charge in [-0.15, -0.1) is 0 Å². The molecular weight excluding hydrogens is 379 g/mol. The molecule has 0 aliphatic heterocycles. The van der Waals surface area contributed by atoms with Crippen LogP contribution in [0.5, 0.6) is 0 Å². The molecule has 1 aromatic carbocycles. The lowest BCUT2D eigenvalue weighted by atomic mass is 9.53.